The van der Waals surface area contributed by atoms with Gasteiger partial charge in [0, 0.05) is 13.1 Å². The molecule has 1 aliphatic heterocycles. The van der Waals surface area contributed by atoms with Gasteiger partial charge in [-0.3, -0.25) is 4.79 Å². The molecule has 114 valence electrons. The molecule has 1 heterocycles. The number of likely N-dealkylation sites (tertiary alicyclic amines) is 1. The second-order valence-corrected chi connectivity index (χ2v) is 6.04. The summed E-state index contributed by atoms with van der Waals surface area (Å²) in [5.74, 6) is 0.953. The molecule has 0 atom stereocenters. The van der Waals surface area contributed by atoms with Crippen LogP contribution in [-0.4, -0.2) is 35.6 Å². The summed E-state index contributed by atoms with van der Waals surface area (Å²) < 4.78 is 5.38. The van der Waals surface area contributed by atoms with Gasteiger partial charge in [0.1, 0.15) is 5.75 Å². The molecule has 1 aromatic rings. The lowest BCUT2D eigenvalue weighted by molar-refractivity contribution is -0.121. The van der Waals surface area contributed by atoms with Gasteiger partial charge < -0.3 is 15.0 Å². The third-order valence-electron chi connectivity index (χ3n) is 3.51. The maximum absolute atomic E-state index is 11.9. The highest BCUT2D eigenvalue weighted by atomic mass is 35.5. The topological polar surface area (TPSA) is 41.6 Å². The van der Waals surface area contributed by atoms with E-state index in [0.29, 0.717) is 15.9 Å². The van der Waals surface area contributed by atoms with E-state index in [4.69, 9.17) is 28.6 Å². The summed E-state index contributed by atoms with van der Waals surface area (Å²) >= 11 is 11.2. The summed E-state index contributed by atoms with van der Waals surface area (Å²) in [5, 5.41) is 3.67. The van der Waals surface area contributed by atoms with Gasteiger partial charge in [0.15, 0.2) is 11.7 Å². The summed E-state index contributed by atoms with van der Waals surface area (Å²) in [4.78, 5) is 13.9. The Hall–Kier alpha value is -1.33. The van der Waals surface area contributed by atoms with Crippen LogP contribution in [0.15, 0.2) is 24.3 Å². The lowest BCUT2D eigenvalue weighted by atomic mass is 10.00. The van der Waals surface area contributed by atoms with Crippen molar-refractivity contribution in [1.29, 1.82) is 0 Å². The molecule has 1 aromatic carbocycles. The standard InChI is InChI=1S/C15H19ClN2O2S/c1-11-6-8-18(9-7-11)15(21)17-14(19)10-20-13-5-3-2-4-12(13)16/h2-5,11H,6-10H2,1H3,(H,17,19,21). The quantitative estimate of drug-likeness (QED) is 0.867. The molecule has 1 fully saturated rings. The summed E-state index contributed by atoms with van der Waals surface area (Å²) in [6.07, 6.45) is 2.21. The minimum absolute atomic E-state index is 0.103. The molecule has 21 heavy (non-hydrogen) atoms. The van der Waals surface area contributed by atoms with Crippen molar-refractivity contribution < 1.29 is 9.53 Å². The van der Waals surface area contributed by atoms with Gasteiger partial charge in [-0.25, -0.2) is 0 Å². The number of hydrogen-bond acceptors (Lipinski definition) is 3. The molecule has 0 aromatic heterocycles. The predicted octanol–water partition coefficient (Wildman–Crippen LogP) is 2.85. The minimum Gasteiger partial charge on any atom is -0.482 e. The molecule has 0 aliphatic carbocycles. The molecule has 0 radical (unpaired) electrons. The van der Waals surface area contributed by atoms with E-state index in [2.05, 4.69) is 12.2 Å². The molecule has 2 rings (SSSR count). The van der Waals surface area contributed by atoms with E-state index in [9.17, 15) is 4.79 Å². The number of halogens is 1. The number of ether oxygens (including phenoxy) is 1. The van der Waals surface area contributed by atoms with E-state index in [1.54, 1.807) is 18.2 Å². The first-order valence-corrected chi connectivity index (χ1v) is 7.81. The number of amides is 1. The lowest BCUT2D eigenvalue weighted by Crippen LogP contribution is -2.47. The van der Waals surface area contributed by atoms with Gasteiger partial charge in [-0.15, -0.1) is 0 Å². The molecule has 1 amide bonds. The second kappa shape index (κ2) is 7.61. The first kappa shape index (κ1) is 16.0. The summed E-state index contributed by atoms with van der Waals surface area (Å²) in [6.45, 7) is 3.92. The SMILES string of the molecule is CC1CCN(C(=S)NC(=O)COc2ccccc2Cl)CC1. The number of carbonyl (C=O) groups is 1. The van der Waals surface area contributed by atoms with Crippen molar-refractivity contribution in [3.8, 4) is 5.75 Å². The number of nitrogens with one attached hydrogen (secondary N) is 1. The lowest BCUT2D eigenvalue weighted by Gasteiger charge is -2.32. The third-order valence-corrected chi connectivity index (χ3v) is 4.19. The van der Waals surface area contributed by atoms with Crippen molar-refractivity contribution in [2.24, 2.45) is 5.92 Å². The van der Waals surface area contributed by atoms with Crippen molar-refractivity contribution in [2.75, 3.05) is 19.7 Å². The fourth-order valence-corrected chi connectivity index (χ4v) is 2.64. The summed E-state index contributed by atoms with van der Waals surface area (Å²) in [5.41, 5.74) is 0. The van der Waals surface area contributed by atoms with Gasteiger partial charge in [-0.05, 0) is 43.1 Å². The monoisotopic (exact) mass is 326 g/mol. The number of rotatable bonds is 3. The van der Waals surface area contributed by atoms with E-state index >= 15 is 0 Å². The van der Waals surface area contributed by atoms with Crippen LogP contribution in [0.5, 0.6) is 5.75 Å². The Morgan fingerprint density at radius 2 is 2.10 bits per heavy atom. The highest BCUT2D eigenvalue weighted by Gasteiger charge is 2.19. The number of nitrogens with zero attached hydrogens (tertiary/aromatic N) is 1. The molecule has 0 spiro atoms. The van der Waals surface area contributed by atoms with E-state index in [0.717, 1.165) is 31.8 Å². The van der Waals surface area contributed by atoms with Crippen LogP contribution in [-0.2, 0) is 4.79 Å². The number of piperidine rings is 1. The molecule has 0 bridgehead atoms. The highest BCUT2D eigenvalue weighted by Crippen LogP contribution is 2.22. The molecule has 1 saturated heterocycles. The molecule has 6 heteroatoms. The highest BCUT2D eigenvalue weighted by molar-refractivity contribution is 7.80. The van der Waals surface area contributed by atoms with Crippen LogP contribution in [0.1, 0.15) is 19.8 Å². The Labute approximate surface area is 135 Å². The average molecular weight is 327 g/mol. The van der Waals surface area contributed by atoms with Crippen molar-refractivity contribution in [1.82, 2.24) is 10.2 Å². The number of benzene rings is 1. The van der Waals surface area contributed by atoms with Crippen LogP contribution >= 0.6 is 23.8 Å². The predicted molar refractivity (Wildman–Crippen MR) is 87.7 cm³/mol. The van der Waals surface area contributed by atoms with Gasteiger partial charge in [0.2, 0.25) is 0 Å². The van der Waals surface area contributed by atoms with Gasteiger partial charge in [0.05, 0.1) is 5.02 Å². The molecule has 4 nitrogen and oxygen atoms in total. The van der Waals surface area contributed by atoms with Crippen molar-refractivity contribution in [3.05, 3.63) is 29.3 Å². The molecule has 0 unspecified atom stereocenters. The van der Waals surface area contributed by atoms with Gasteiger partial charge >= 0.3 is 0 Å². The maximum atomic E-state index is 11.9. The van der Waals surface area contributed by atoms with E-state index < -0.39 is 0 Å². The van der Waals surface area contributed by atoms with Gasteiger partial charge in [-0.1, -0.05) is 30.7 Å². The summed E-state index contributed by atoms with van der Waals surface area (Å²) in [7, 11) is 0. The minimum atomic E-state index is -0.265. The Kier molecular flexibility index (Phi) is 5.82. The normalized spacial score (nSPS) is 15.6. The molecule has 1 N–H and O–H groups in total. The molecular weight excluding hydrogens is 308 g/mol. The number of hydrogen-bond donors (Lipinski definition) is 1. The molecular formula is C15H19ClN2O2S. The number of para-hydroxylation sites is 1. The van der Waals surface area contributed by atoms with Gasteiger partial charge in [0.25, 0.3) is 5.91 Å². The largest absolute Gasteiger partial charge is 0.482 e. The number of carbonyl (C=O) groups excluding carboxylic acids is 1. The first-order chi connectivity index (χ1) is 10.1. The van der Waals surface area contributed by atoms with Crippen LogP contribution in [0.4, 0.5) is 0 Å². The Morgan fingerprint density at radius 3 is 2.76 bits per heavy atom. The fourth-order valence-electron chi connectivity index (χ4n) is 2.15. The number of thiocarbonyl (C=S) groups is 1. The van der Waals surface area contributed by atoms with Crippen molar-refractivity contribution in [3.63, 3.8) is 0 Å². The van der Waals surface area contributed by atoms with Crippen molar-refractivity contribution >= 4 is 34.8 Å². The van der Waals surface area contributed by atoms with E-state index in [-0.39, 0.29) is 12.5 Å². The molecule has 0 saturated carbocycles. The van der Waals surface area contributed by atoms with Gasteiger partial charge in [-0.2, -0.15) is 0 Å². The summed E-state index contributed by atoms with van der Waals surface area (Å²) in [6, 6.07) is 7.05. The van der Waals surface area contributed by atoms with Crippen LogP contribution in [0.25, 0.3) is 0 Å². The zero-order valence-corrected chi connectivity index (χ0v) is 13.5. The van der Waals surface area contributed by atoms with Crippen LogP contribution in [0.2, 0.25) is 5.02 Å². The van der Waals surface area contributed by atoms with Crippen LogP contribution in [0, 0.1) is 5.92 Å². The van der Waals surface area contributed by atoms with Crippen LogP contribution < -0.4 is 10.1 Å². The smallest absolute Gasteiger partial charge is 0.264 e. The Balaban J connectivity index is 1.77. The second-order valence-electron chi connectivity index (χ2n) is 5.24. The fraction of sp³-hybridized carbons (Fsp3) is 0.467. The Bertz CT molecular complexity index is 516. The van der Waals surface area contributed by atoms with E-state index in [1.165, 1.54) is 0 Å². The zero-order valence-electron chi connectivity index (χ0n) is 12.0. The average Bonchev–Trinajstić information content (AvgIpc) is 2.47. The third kappa shape index (κ3) is 4.86. The first-order valence-electron chi connectivity index (χ1n) is 7.02. The molecule has 1 aliphatic rings. The maximum Gasteiger partial charge on any atom is 0.264 e. The van der Waals surface area contributed by atoms with Crippen molar-refractivity contribution in [2.45, 2.75) is 19.8 Å². The van der Waals surface area contributed by atoms with Crippen LogP contribution in [0.3, 0.4) is 0 Å². The Morgan fingerprint density at radius 1 is 1.43 bits per heavy atom. The van der Waals surface area contributed by atoms with E-state index in [1.807, 2.05) is 11.0 Å². The zero-order chi connectivity index (χ0) is 15.2.